The number of hydrogen-bond donors (Lipinski definition) is 0. The lowest BCUT2D eigenvalue weighted by molar-refractivity contribution is 1.32. The summed E-state index contributed by atoms with van der Waals surface area (Å²) in [6, 6.07) is 80.4. The van der Waals surface area contributed by atoms with Crippen molar-refractivity contribution in [1.82, 2.24) is 19.9 Å². The maximum atomic E-state index is 4.52. The summed E-state index contributed by atoms with van der Waals surface area (Å²) in [5.41, 5.74) is 18.3. The van der Waals surface area contributed by atoms with Crippen molar-refractivity contribution in [2.45, 2.75) is 0 Å². The first-order valence-electron chi connectivity index (χ1n) is 26.0. The summed E-state index contributed by atoms with van der Waals surface area (Å²) in [5, 5.41) is 12.2. The molecule has 0 N–H and O–H groups in total. The van der Waals surface area contributed by atoms with Gasteiger partial charge >= 0.3 is 0 Å². The van der Waals surface area contributed by atoms with Crippen LogP contribution in [0.2, 0.25) is 0 Å². The Labute approximate surface area is 448 Å². The van der Waals surface area contributed by atoms with Gasteiger partial charge in [0.1, 0.15) is 0 Å². The Morgan fingerprint density at radius 1 is 0.221 bits per heavy atom. The molecule has 77 heavy (non-hydrogen) atoms. The molecule has 358 valence electrons. The number of benzene rings is 10. The minimum absolute atomic E-state index is 1.07. The minimum Gasteiger partial charge on any atom is -0.264 e. The maximum Gasteiger partial charge on any atom is 0.0361 e. The van der Waals surface area contributed by atoms with Crippen molar-refractivity contribution >= 4 is 74.6 Å². The van der Waals surface area contributed by atoms with Gasteiger partial charge in [0.15, 0.2) is 0 Å². The van der Waals surface area contributed by atoms with E-state index in [0.29, 0.717) is 0 Å². The Bertz CT molecular complexity index is 4550. The molecule has 0 aliphatic rings. The van der Waals surface area contributed by atoms with Crippen LogP contribution < -0.4 is 0 Å². The zero-order valence-corrected chi connectivity index (χ0v) is 42.4. The van der Waals surface area contributed by atoms with Gasteiger partial charge in [0.2, 0.25) is 0 Å². The number of nitrogens with zero attached hydrogens (tertiary/aromatic N) is 4. The van der Waals surface area contributed by atoms with E-state index >= 15 is 0 Å². The van der Waals surface area contributed by atoms with Gasteiger partial charge in [-0.1, -0.05) is 140 Å². The van der Waals surface area contributed by atoms with Gasteiger partial charge in [-0.05, 0) is 189 Å². The quantitative estimate of drug-likeness (QED) is 0.142. The SMILES string of the molecule is c1cncc(-c2cc(-c3cccnc3)cc(-c3c4ccccc4c(-c4ccc5sc6cccc(-c7c8ccccc8c(-c8cc(-c9cccnc9)cc(-c9cccnc9)c8)c8ccccc78)c6c5c4)c4ccccc34)c2)c1. The molecule has 0 bridgehead atoms. The Morgan fingerprint density at radius 3 is 0.935 bits per heavy atom. The summed E-state index contributed by atoms with van der Waals surface area (Å²) < 4.78 is 2.53. The fraction of sp³-hybridized carbons (Fsp3) is 0. The molecule has 5 heterocycles. The van der Waals surface area contributed by atoms with Crippen LogP contribution in [-0.4, -0.2) is 19.9 Å². The predicted octanol–water partition coefficient (Wildman–Crippen LogP) is 19.6. The van der Waals surface area contributed by atoms with Crippen molar-refractivity contribution in [2.75, 3.05) is 0 Å². The second kappa shape index (κ2) is 18.5. The fourth-order valence-corrected chi connectivity index (χ4v) is 13.1. The van der Waals surface area contributed by atoms with E-state index < -0.39 is 0 Å². The molecule has 0 saturated carbocycles. The monoisotopic (exact) mass is 996 g/mol. The Hall–Kier alpha value is -9.94. The molecule has 0 radical (unpaired) electrons. The molecule has 0 aliphatic heterocycles. The third-order valence-corrected chi connectivity index (χ3v) is 16.5. The van der Waals surface area contributed by atoms with E-state index in [1.807, 2.05) is 85.2 Å². The average Bonchev–Trinajstić information content (AvgIpc) is 3.91. The van der Waals surface area contributed by atoms with Crippen LogP contribution in [0, 0.1) is 0 Å². The Morgan fingerprint density at radius 2 is 0.571 bits per heavy atom. The van der Waals surface area contributed by atoms with Crippen molar-refractivity contribution in [3.8, 4) is 89.0 Å². The van der Waals surface area contributed by atoms with Gasteiger partial charge < -0.3 is 0 Å². The third kappa shape index (κ3) is 7.58. The molecule has 0 atom stereocenters. The molecule has 15 aromatic rings. The largest absolute Gasteiger partial charge is 0.264 e. The van der Waals surface area contributed by atoms with Crippen molar-refractivity contribution in [2.24, 2.45) is 0 Å². The van der Waals surface area contributed by atoms with Gasteiger partial charge in [-0.3, -0.25) is 19.9 Å². The molecular weight excluding hydrogens is 953 g/mol. The summed E-state index contributed by atoms with van der Waals surface area (Å²) in [7, 11) is 0. The van der Waals surface area contributed by atoms with Crippen LogP contribution >= 0.6 is 11.3 Å². The van der Waals surface area contributed by atoms with Crippen molar-refractivity contribution in [3.63, 3.8) is 0 Å². The highest BCUT2D eigenvalue weighted by atomic mass is 32.1. The predicted molar refractivity (Wildman–Crippen MR) is 324 cm³/mol. The molecule has 10 aromatic carbocycles. The zero-order valence-electron chi connectivity index (χ0n) is 41.6. The summed E-state index contributed by atoms with van der Waals surface area (Å²) in [5.74, 6) is 0. The van der Waals surface area contributed by atoms with Crippen molar-refractivity contribution < 1.29 is 0 Å². The Balaban J connectivity index is 0.953. The van der Waals surface area contributed by atoms with Gasteiger partial charge in [-0.15, -0.1) is 11.3 Å². The summed E-state index contributed by atoms with van der Waals surface area (Å²) in [4.78, 5) is 18.1. The smallest absolute Gasteiger partial charge is 0.0361 e. The molecule has 15 rings (SSSR count). The van der Waals surface area contributed by atoms with E-state index in [2.05, 4.69) is 214 Å². The number of aromatic nitrogens is 4. The molecule has 0 fully saturated rings. The van der Waals surface area contributed by atoms with Gasteiger partial charge in [0, 0.05) is 92.0 Å². The number of fused-ring (bicyclic) bond motifs is 7. The van der Waals surface area contributed by atoms with Crippen LogP contribution in [0.15, 0.2) is 268 Å². The van der Waals surface area contributed by atoms with Crippen LogP contribution in [0.5, 0.6) is 0 Å². The number of rotatable bonds is 8. The lowest BCUT2D eigenvalue weighted by atomic mass is 9.83. The van der Waals surface area contributed by atoms with Crippen LogP contribution in [-0.2, 0) is 0 Å². The molecule has 4 nitrogen and oxygen atoms in total. The third-order valence-electron chi connectivity index (χ3n) is 15.3. The summed E-state index contributed by atoms with van der Waals surface area (Å²) >= 11 is 1.87. The molecule has 5 heteroatoms. The number of hydrogen-bond acceptors (Lipinski definition) is 5. The molecule has 5 aromatic heterocycles. The molecular formula is C72H44N4S. The molecule has 0 aliphatic carbocycles. The van der Waals surface area contributed by atoms with Crippen LogP contribution in [0.4, 0.5) is 0 Å². The normalized spacial score (nSPS) is 11.6. The second-order valence-corrected chi connectivity index (χ2v) is 20.8. The van der Waals surface area contributed by atoms with E-state index in [1.54, 1.807) is 0 Å². The first-order valence-corrected chi connectivity index (χ1v) is 26.8. The second-order valence-electron chi connectivity index (χ2n) is 19.7. The van der Waals surface area contributed by atoms with Crippen LogP contribution in [0.3, 0.4) is 0 Å². The van der Waals surface area contributed by atoms with Gasteiger partial charge in [0.05, 0.1) is 0 Å². The standard InChI is InChI=1S/C72H44N4S/c1-3-20-58-56(18-1)68(57-19-2-4-21-59(57)69(58)54-36-50(46-14-10-30-73-41-46)34-51(37-54)47-15-11-31-74-42-47)45-28-29-66-65(40-45)72-64(26-9-27-67(72)77-66)71-62-24-7-5-22-60(62)70(61-23-6-8-25-63(61)71)55-38-52(48-16-12-32-75-43-48)35-53(39-55)49-17-13-33-76-44-49/h1-44H. The summed E-state index contributed by atoms with van der Waals surface area (Å²) in [6.07, 6.45) is 15.1. The van der Waals surface area contributed by atoms with E-state index in [9.17, 15) is 0 Å². The maximum absolute atomic E-state index is 4.52. The van der Waals surface area contributed by atoms with E-state index in [0.717, 1.165) is 55.6 Å². The first-order chi connectivity index (χ1) is 38.2. The first kappa shape index (κ1) is 44.5. The molecule has 0 unspecified atom stereocenters. The topological polar surface area (TPSA) is 51.6 Å². The molecule has 0 spiro atoms. The van der Waals surface area contributed by atoms with Gasteiger partial charge in [0.25, 0.3) is 0 Å². The minimum atomic E-state index is 1.07. The van der Waals surface area contributed by atoms with E-state index in [4.69, 9.17) is 0 Å². The highest BCUT2D eigenvalue weighted by molar-refractivity contribution is 7.26. The van der Waals surface area contributed by atoms with E-state index in [-0.39, 0.29) is 0 Å². The highest BCUT2D eigenvalue weighted by Crippen LogP contribution is 2.51. The van der Waals surface area contributed by atoms with Gasteiger partial charge in [-0.25, -0.2) is 0 Å². The zero-order chi connectivity index (χ0) is 50.8. The van der Waals surface area contributed by atoms with Crippen LogP contribution in [0.1, 0.15) is 0 Å². The fourth-order valence-electron chi connectivity index (χ4n) is 12.0. The van der Waals surface area contributed by atoms with E-state index in [1.165, 1.54) is 96.6 Å². The van der Waals surface area contributed by atoms with Gasteiger partial charge in [-0.2, -0.15) is 0 Å². The van der Waals surface area contributed by atoms with Crippen molar-refractivity contribution in [3.05, 3.63) is 268 Å². The lowest BCUT2D eigenvalue weighted by Gasteiger charge is -2.20. The highest BCUT2D eigenvalue weighted by Gasteiger charge is 2.23. The average molecular weight is 997 g/mol. The van der Waals surface area contributed by atoms with Crippen LogP contribution in [0.25, 0.3) is 152 Å². The summed E-state index contributed by atoms with van der Waals surface area (Å²) in [6.45, 7) is 0. The number of thiophene rings is 1. The lowest BCUT2D eigenvalue weighted by Crippen LogP contribution is -1.93. The molecule has 0 amide bonds. The van der Waals surface area contributed by atoms with Crippen molar-refractivity contribution in [1.29, 1.82) is 0 Å². The number of pyridine rings is 4. The molecule has 0 saturated heterocycles. The Kier molecular flexibility index (Phi) is 10.7.